The molecule has 0 aromatic rings. The predicted octanol–water partition coefficient (Wildman–Crippen LogP) is 2.75. The Hall–Kier alpha value is -0.730. The third kappa shape index (κ3) is 2.90. The summed E-state index contributed by atoms with van der Waals surface area (Å²) in [5, 5.41) is 3.53. The van der Waals surface area contributed by atoms with Gasteiger partial charge in [-0.1, -0.05) is 25.9 Å². The Labute approximate surface area is 78.9 Å². The highest BCUT2D eigenvalue weighted by atomic mass is 16.5. The summed E-state index contributed by atoms with van der Waals surface area (Å²) >= 11 is 0. The first-order valence-corrected chi connectivity index (χ1v) is 4.66. The van der Waals surface area contributed by atoms with E-state index in [0.29, 0.717) is 17.9 Å². The lowest BCUT2D eigenvalue weighted by atomic mass is 9.79. The molecule has 74 valence electrons. The zero-order valence-electron chi connectivity index (χ0n) is 8.53. The van der Waals surface area contributed by atoms with E-state index < -0.39 is 0 Å². The standard InChI is InChI=1S/C9H17N3O/c1-9(2,3)7-4-8(13-6-7)5-11-12-10/h7-8H,4-6H2,1-3H3/t7-,8-/m0/s1. The van der Waals surface area contributed by atoms with E-state index in [-0.39, 0.29) is 6.10 Å². The lowest BCUT2D eigenvalue weighted by Gasteiger charge is -2.25. The Balaban J connectivity index is 2.40. The van der Waals surface area contributed by atoms with E-state index in [1.807, 2.05) is 0 Å². The van der Waals surface area contributed by atoms with E-state index in [1.165, 1.54) is 0 Å². The maximum absolute atomic E-state index is 8.16. The second kappa shape index (κ2) is 3.99. The van der Waals surface area contributed by atoms with Crippen molar-refractivity contribution in [3.05, 3.63) is 10.4 Å². The van der Waals surface area contributed by atoms with Crippen LogP contribution >= 0.6 is 0 Å². The van der Waals surface area contributed by atoms with Crippen LogP contribution in [0.1, 0.15) is 27.2 Å². The molecule has 13 heavy (non-hydrogen) atoms. The molecule has 0 bridgehead atoms. The number of nitrogens with zero attached hydrogens (tertiary/aromatic N) is 3. The molecule has 0 N–H and O–H groups in total. The molecule has 0 aromatic heterocycles. The first-order valence-electron chi connectivity index (χ1n) is 4.66. The van der Waals surface area contributed by atoms with Gasteiger partial charge in [-0.05, 0) is 23.3 Å². The maximum Gasteiger partial charge on any atom is 0.0635 e. The summed E-state index contributed by atoms with van der Waals surface area (Å²) in [6.45, 7) is 7.93. The zero-order chi connectivity index (χ0) is 9.90. The van der Waals surface area contributed by atoms with E-state index in [0.717, 1.165) is 13.0 Å². The van der Waals surface area contributed by atoms with E-state index in [2.05, 4.69) is 30.8 Å². The summed E-state index contributed by atoms with van der Waals surface area (Å²) in [5.74, 6) is 0.589. The van der Waals surface area contributed by atoms with Crippen LogP contribution in [0, 0.1) is 11.3 Å². The molecule has 1 aliphatic heterocycles. The largest absolute Gasteiger partial charge is 0.378 e. The highest BCUT2D eigenvalue weighted by Crippen LogP contribution is 2.35. The minimum Gasteiger partial charge on any atom is -0.378 e. The fraction of sp³-hybridized carbons (Fsp3) is 1.00. The van der Waals surface area contributed by atoms with Gasteiger partial charge >= 0.3 is 0 Å². The Bertz CT molecular complexity index is 215. The number of rotatable bonds is 2. The predicted molar refractivity (Wildman–Crippen MR) is 51.3 cm³/mol. The summed E-state index contributed by atoms with van der Waals surface area (Å²) in [7, 11) is 0. The molecule has 0 unspecified atom stereocenters. The second-order valence-corrected chi connectivity index (χ2v) is 4.67. The highest BCUT2D eigenvalue weighted by molar-refractivity contribution is 4.83. The first-order chi connectivity index (χ1) is 6.04. The van der Waals surface area contributed by atoms with Gasteiger partial charge in [0.25, 0.3) is 0 Å². The molecule has 0 radical (unpaired) electrons. The third-order valence-electron chi connectivity index (χ3n) is 2.65. The number of ether oxygens (including phenoxy) is 1. The van der Waals surface area contributed by atoms with Crippen LogP contribution in [0.15, 0.2) is 5.11 Å². The fourth-order valence-corrected chi connectivity index (χ4v) is 1.56. The average molecular weight is 183 g/mol. The Morgan fingerprint density at radius 3 is 2.69 bits per heavy atom. The van der Waals surface area contributed by atoms with Crippen LogP contribution < -0.4 is 0 Å². The molecule has 1 heterocycles. The van der Waals surface area contributed by atoms with Crippen molar-refractivity contribution in [2.45, 2.75) is 33.3 Å². The lowest BCUT2D eigenvalue weighted by molar-refractivity contribution is 0.102. The Morgan fingerprint density at radius 1 is 1.54 bits per heavy atom. The number of hydrogen-bond acceptors (Lipinski definition) is 2. The molecule has 1 rings (SSSR count). The van der Waals surface area contributed by atoms with Crippen LogP contribution in [0.2, 0.25) is 0 Å². The molecule has 2 atom stereocenters. The van der Waals surface area contributed by atoms with Crippen molar-refractivity contribution in [3.8, 4) is 0 Å². The van der Waals surface area contributed by atoms with Crippen molar-refractivity contribution in [2.24, 2.45) is 16.4 Å². The fourth-order valence-electron chi connectivity index (χ4n) is 1.56. The number of azide groups is 1. The van der Waals surface area contributed by atoms with E-state index >= 15 is 0 Å². The van der Waals surface area contributed by atoms with Gasteiger partial charge in [-0.25, -0.2) is 0 Å². The van der Waals surface area contributed by atoms with Gasteiger partial charge in [-0.2, -0.15) is 0 Å². The molecule has 4 nitrogen and oxygen atoms in total. The summed E-state index contributed by atoms with van der Waals surface area (Å²) in [6.07, 6.45) is 1.16. The van der Waals surface area contributed by atoms with Crippen LogP contribution in [0.3, 0.4) is 0 Å². The van der Waals surface area contributed by atoms with E-state index in [4.69, 9.17) is 10.3 Å². The van der Waals surface area contributed by atoms with Gasteiger partial charge in [0.05, 0.1) is 19.3 Å². The minimum atomic E-state index is 0.139. The van der Waals surface area contributed by atoms with Crippen molar-refractivity contribution in [1.29, 1.82) is 0 Å². The Kier molecular flexibility index (Phi) is 3.17. The van der Waals surface area contributed by atoms with Crippen LogP contribution in [-0.4, -0.2) is 19.3 Å². The molecule has 1 aliphatic rings. The Morgan fingerprint density at radius 2 is 2.23 bits per heavy atom. The normalized spacial score (nSPS) is 28.5. The zero-order valence-corrected chi connectivity index (χ0v) is 8.53. The van der Waals surface area contributed by atoms with Gasteiger partial charge in [0.2, 0.25) is 0 Å². The monoisotopic (exact) mass is 183 g/mol. The SMILES string of the molecule is CC(C)(C)[C@@H]1CO[C@H](CN=[N+]=[N-])C1. The van der Waals surface area contributed by atoms with Crippen molar-refractivity contribution < 1.29 is 4.74 Å². The highest BCUT2D eigenvalue weighted by Gasteiger charge is 2.33. The summed E-state index contributed by atoms with van der Waals surface area (Å²) in [5.41, 5.74) is 8.45. The summed E-state index contributed by atoms with van der Waals surface area (Å²) in [6, 6.07) is 0. The molecule has 0 saturated carbocycles. The molecule has 1 saturated heterocycles. The molecular formula is C9H17N3O. The van der Waals surface area contributed by atoms with Crippen LogP contribution in [0.25, 0.3) is 10.4 Å². The van der Waals surface area contributed by atoms with E-state index in [1.54, 1.807) is 0 Å². The molecule has 0 amide bonds. The molecule has 0 aromatic carbocycles. The molecular weight excluding hydrogens is 166 g/mol. The van der Waals surface area contributed by atoms with Gasteiger partial charge in [0.1, 0.15) is 0 Å². The quantitative estimate of drug-likeness (QED) is 0.369. The lowest BCUT2D eigenvalue weighted by Crippen LogP contribution is -2.20. The van der Waals surface area contributed by atoms with Crippen molar-refractivity contribution >= 4 is 0 Å². The van der Waals surface area contributed by atoms with Crippen LogP contribution in [0.5, 0.6) is 0 Å². The van der Waals surface area contributed by atoms with E-state index in [9.17, 15) is 0 Å². The average Bonchev–Trinajstić information content (AvgIpc) is 2.47. The first kappa shape index (κ1) is 10.4. The summed E-state index contributed by atoms with van der Waals surface area (Å²) in [4.78, 5) is 2.73. The third-order valence-corrected chi connectivity index (χ3v) is 2.65. The topological polar surface area (TPSA) is 58.0 Å². The smallest absolute Gasteiger partial charge is 0.0635 e. The minimum absolute atomic E-state index is 0.139. The van der Waals surface area contributed by atoms with Gasteiger partial charge < -0.3 is 4.74 Å². The van der Waals surface area contributed by atoms with Crippen LogP contribution in [-0.2, 0) is 4.74 Å². The van der Waals surface area contributed by atoms with Gasteiger partial charge in [0, 0.05) is 4.91 Å². The van der Waals surface area contributed by atoms with Crippen molar-refractivity contribution in [3.63, 3.8) is 0 Å². The van der Waals surface area contributed by atoms with Gasteiger partial charge in [-0.15, -0.1) is 0 Å². The molecule has 0 aliphatic carbocycles. The number of hydrogen-bond donors (Lipinski definition) is 0. The second-order valence-electron chi connectivity index (χ2n) is 4.67. The van der Waals surface area contributed by atoms with Crippen molar-refractivity contribution in [2.75, 3.05) is 13.2 Å². The maximum atomic E-state index is 8.16. The van der Waals surface area contributed by atoms with Gasteiger partial charge in [0.15, 0.2) is 0 Å². The molecule has 1 fully saturated rings. The summed E-state index contributed by atoms with van der Waals surface area (Å²) < 4.78 is 5.53. The molecule has 4 heteroatoms. The van der Waals surface area contributed by atoms with Crippen molar-refractivity contribution in [1.82, 2.24) is 0 Å². The molecule has 0 spiro atoms. The van der Waals surface area contributed by atoms with Crippen LogP contribution in [0.4, 0.5) is 0 Å². The van der Waals surface area contributed by atoms with Gasteiger partial charge in [-0.3, -0.25) is 0 Å².